The van der Waals surface area contributed by atoms with Crippen molar-refractivity contribution in [2.75, 3.05) is 33.8 Å². The smallest absolute Gasteiger partial charge is 0.308 e. The first-order valence-electron chi connectivity index (χ1n) is 9.47. The van der Waals surface area contributed by atoms with Crippen LogP contribution in [-0.4, -0.2) is 50.6 Å². The zero-order valence-corrected chi connectivity index (χ0v) is 16.8. The van der Waals surface area contributed by atoms with Crippen molar-refractivity contribution in [1.29, 1.82) is 0 Å². The molecule has 1 saturated heterocycles. The molecule has 1 aromatic carbocycles. The van der Waals surface area contributed by atoms with Crippen molar-refractivity contribution in [3.63, 3.8) is 0 Å². The van der Waals surface area contributed by atoms with Gasteiger partial charge >= 0.3 is 5.97 Å². The first-order valence-corrected chi connectivity index (χ1v) is 9.47. The fourth-order valence-corrected chi connectivity index (χ4v) is 3.43. The number of ether oxygens (including phenoxy) is 1. The fourth-order valence-electron chi connectivity index (χ4n) is 3.43. The molecule has 0 aliphatic carbocycles. The molecule has 5 nitrogen and oxygen atoms in total. The van der Waals surface area contributed by atoms with Gasteiger partial charge in [0.25, 0.3) is 5.91 Å². The number of rotatable bonds is 5. The highest BCUT2D eigenvalue weighted by molar-refractivity contribution is 5.78. The first-order chi connectivity index (χ1) is 12.2. The van der Waals surface area contributed by atoms with Crippen LogP contribution in [0.5, 0.6) is 0 Å². The van der Waals surface area contributed by atoms with E-state index < -0.39 is 0 Å². The van der Waals surface area contributed by atoms with Crippen LogP contribution in [0.15, 0.2) is 24.3 Å². The summed E-state index contributed by atoms with van der Waals surface area (Å²) in [5, 5.41) is 0. The Morgan fingerprint density at radius 3 is 2.23 bits per heavy atom. The van der Waals surface area contributed by atoms with E-state index in [4.69, 9.17) is 4.74 Å². The maximum absolute atomic E-state index is 12.5. The number of methoxy groups -OCH3 is 1. The predicted octanol–water partition coefficient (Wildman–Crippen LogP) is 1.41. The number of hydrogen-bond donors (Lipinski definition) is 1. The molecule has 1 fully saturated rings. The van der Waals surface area contributed by atoms with Gasteiger partial charge in [-0.15, -0.1) is 0 Å². The Kier molecular flexibility index (Phi) is 6.81. The van der Waals surface area contributed by atoms with Crippen LogP contribution in [0.3, 0.4) is 0 Å². The van der Waals surface area contributed by atoms with Gasteiger partial charge in [-0.05, 0) is 23.8 Å². The number of likely N-dealkylation sites (N-methyl/N-ethyl adjacent to an activating group) is 1. The van der Waals surface area contributed by atoms with E-state index in [2.05, 4.69) is 52.1 Å². The number of esters is 1. The summed E-state index contributed by atoms with van der Waals surface area (Å²) in [6, 6.07) is 8.69. The van der Waals surface area contributed by atoms with Gasteiger partial charge in [0.15, 0.2) is 6.54 Å². The molecule has 0 spiro atoms. The maximum Gasteiger partial charge on any atom is 0.308 e. The van der Waals surface area contributed by atoms with Crippen molar-refractivity contribution >= 4 is 11.9 Å². The monoisotopic (exact) mass is 361 g/mol. The largest absolute Gasteiger partial charge is 0.469 e. The minimum atomic E-state index is -0.154. The molecular formula is C21H33N2O3+. The van der Waals surface area contributed by atoms with Crippen LogP contribution in [-0.2, 0) is 26.3 Å². The van der Waals surface area contributed by atoms with Crippen molar-refractivity contribution in [2.24, 2.45) is 5.92 Å². The Morgan fingerprint density at radius 1 is 1.15 bits per heavy atom. The summed E-state index contributed by atoms with van der Waals surface area (Å²) in [6.07, 6.45) is 1.40. The fraction of sp³-hybridized carbons (Fsp3) is 0.619. The number of amides is 1. The molecular weight excluding hydrogens is 328 g/mol. The number of piperidine rings is 1. The lowest BCUT2D eigenvalue weighted by atomic mass is 9.87. The molecule has 1 atom stereocenters. The first kappa shape index (κ1) is 20.4. The molecule has 144 valence electrons. The third kappa shape index (κ3) is 5.56. The molecule has 1 N–H and O–H groups in total. The summed E-state index contributed by atoms with van der Waals surface area (Å²) in [4.78, 5) is 27.2. The van der Waals surface area contributed by atoms with Gasteiger partial charge in [-0.2, -0.15) is 0 Å². The third-order valence-electron chi connectivity index (χ3n) is 5.16. The van der Waals surface area contributed by atoms with Crippen molar-refractivity contribution in [3.8, 4) is 0 Å². The van der Waals surface area contributed by atoms with Crippen molar-refractivity contribution in [2.45, 2.75) is 45.6 Å². The molecule has 1 amide bonds. The summed E-state index contributed by atoms with van der Waals surface area (Å²) < 4.78 is 4.80. The summed E-state index contributed by atoms with van der Waals surface area (Å²) in [6.45, 7) is 9.22. The number of carbonyl (C=O) groups excluding carboxylic acids is 2. The number of nitrogens with one attached hydrogen (secondary N) is 1. The molecule has 1 unspecified atom stereocenters. The van der Waals surface area contributed by atoms with E-state index in [0.717, 1.165) is 6.54 Å². The predicted molar refractivity (Wildman–Crippen MR) is 102 cm³/mol. The van der Waals surface area contributed by atoms with E-state index in [1.165, 1.54) is 23.1 Å². The lowest BCUT2D eigenvalue weighted by Gasteiger charge is -2.31. The molecule has 2 rings (SSSR count). The number of hydrogen-bond acceptors (Lipinski definition) is 3. The number of benzene rings is 1. The van der Waals surface area contributed by atoms with Crippen LogP contribution < -0.4 is 4.90 Å². The maximum atomic E-state index is 12.5. The van der Waals surface area contributed by atoms with Crippen molar-refractivity contribution < 1.29 is 19.2 Å². The second-order valence-electron chi connectivity index (χ2n) is 8.44. The number of quaternary nitrogens is 1. The van der Waals surface area contributed by atoms with Gasteiger partial charge in [-0.25, -0.2) is 0 Å². The average Bonchev–Trinajstić information content (AvgIpc) is 2.60. The lowest BCUT2D eigenvalue weighted by molar-refractivity contribution is -0.885. The van der Waals surface area contributed by atoms with Crippen LogP contribution in [0, 0.1) is 5.92 Å². The number of likely N-dealkylation sites (tertiary alicyclic amines) is 1. The Balaban J connectivity index is 1.81. The molecule has 1 heterocycles. The molecule has 0 saturated carbocycles. The summed E-state index contributed by atoms with van der Waals surface area (Å²) in [7, 11) is 3.48. The van der Waals surface area contributed by atoms with Gasteiger partial charge in [0.05, 0.1) is 20.1 Å². The Labute approximate surface area is 157 Å². The van der Waals surface area contributed by atoms with Gasteiger partial charge in [0.1, 0.15) is 6.54 Å². The quantitative estimate of drug-likeness (QED) is 0.807. The van der Waals surface area contributed by atoms with Crippen molar-refractivity contribution in [1.82, 2.24) is 4.90 Å². The highest BCUT2D eigenvalue weighted by Gasteiger charge is 2.28. The average molecular weight is 362 g/mol. The molecule has 1 aliphatic rings. The van der Waals surface area contributed by atoms with Crippen LogP contribution in [0.25, 0.3) is 0 Å². The van der Waals surface area contributed by atoms with Crippen LogP contribution in [0.4, 0.5) is 0 Å². The number of nitrogens with zero attached hydrogens (tertiary/aromatic N) is 1. The standard InChI is InChI=1S/C21H32N2O3/c1-21(2,3)18-8-6-16(7-9-18)14-22(4)15-19(24)23-12-10-17(11-13-23)20(25)26-5/h6-9,17H,10-15H2,1-5H3/p+1. The van der Waals surface area contributed by atoms with E-state index in [1.807, 2.05) is 4.90 Å². The van der Waals surface area contributed by atoms with E-state index >= 15 is 0 Å². The summed E-state index contributed by atoms with van der Waals surface area (Å²) in [5.41, 5.74) is 2.72. The van der Waals surface area contributed by atoms with Gasteiger partial charge < -0.3 is 14.5 Å². The van der Waals surface area contributed by atoms with Gasteiger partial charge in [-0.3, -0.25) is 9.59 Å². The third-order valence-corrected chi connectivity index (χ3v) is 5.16. The zero-order chi connectivity index (χ0) is 19.3. The molecule has 26 heavy (non-hydrogen) atoms. The SMILES string of the molecule is COC(=O)C1CCN(C(=O)C[NH+](C)Cc2ccc(C(C)(C)C)cc2)CC1. The molecule has 0 aromatic heterocycles. The van der Waals surface area contributed by atoms with Gasteiger partial charge in [0.2, 0.25) is 0 Å². The molecule has 5 heteroatoms. The van der Waals surface area contributed by atoms with Gasteiger partial charge in [-0.1, -0.05) is 45.0 Å². The second kappa shape index (κ2) is 8.67. The van der Waals surface area contributed by atoms with Gasteiger partial charge in [0, 0.05) is 18.7 Å². The molecule has 0 radical (unpaired) electrons. The summed E-state index contributed by atoms with van der Waals surface area (Å²) in [5.74, 6) is -0.0499. The summed E-state index contributed by atoms with van der Waals surface area (Å²) >= 11 is 0. The Morgan fingerprint density at radius 2 is 1.73 bits per heavy atom. The van der Waals surface area contributed by atoms with E-state index in [-0.39, 0.29) is 23.2 Å². The normalized spacial score (nSPS) is 17.0. The number of carbonyl (C=O) groups is 2. The minimum Gasteiger partial charge on any atom is -0.469 e. The second-order valence-corrected chi connectivity index (χ2v) is 8.44. The minimum absolute atomic E-state index is 0.0598. The topological polar surface area (TPSA) is 51.0 Å². The van der Waals surface area contributed by atoms with E-state index in [1.54, 1.807) is 0 Å². The van der Waals surface area contributed by atoms with Crippen LogP contribution in [0.2, 0.25) is 0 Å². The lowest BCUT2D eigenvalue weighted by Crippen LogP contribution is -3.08. The Hall–Kier alpha value is -1.88. The van der Waals surface area contributed by atoms with Crippen LogP contribution >= 0.6 is 0 Å². The molecule has 1 aliphatic heterocycles. The van der Waals surface area contributed by atoms with Crippen LogP contribution in [0.1, 0.15) is 44.7 Å². The highest BCUT2D eigenvalue weighted by atomic mass is 16.5. The van der Waals surface area contributed by atoms with E-state index in [0.29, 0.717) is 32.5 Å². The molecule has 0 bridgehead atoms. The van der Waals surface area contributed by atoms with Crippen molar-refractivity contribution in [3.05, 3.63) is 35.4 Å². The van der Waals surface area contributed by atoms with E-state index in [9.17, 15) is 9.59 Å². The molecule has 1 aromatic rings. The highest BCUT2D eigenvalue weighted by Crippen LogP contribution is 2.22. The zero-order valence-electron chi connectivity index (χ0n) is 16.8. The Bertz CT molecular complexity index is 611.